The number of primary sulfonamides is 1. The molecule has 10 heavy (non-hydrogen) atoms. The lowest BCUT2D eigenvalue weighted by molar-refractivity contribution is 0.575. The Labute approximate surface area is 62.0 Å². The van der Waals surface area contributed by atoms with E-state index in [1.165, 1.54) is 0 Å². The van der Waals surface area contributed by atoms with E-state index >= 15 is 0 Å². The number of rotatable bonds is 4. The minimum absolute atomic E-state index is 0.0407. The van der Waals surface area contributed by atoms with Gasteiger partial charge in [-0.3, -0.25) is 0 Å². The van der Waals surface area contributed by atoms with Gasteiger partial charge in [0.1, 0.15) is 0 Å². The maximum Gasteiger partial charge on any atom is 0.209 e. The number of hydrogen-bond acceptors (Lipinski definition) is 2. The molecule has 1 atom stereocenters. The van der Waals surface area contributed by atoms with Crippen molar-refractivity contribution in [1.82, 2.24) is 0 Å². The Morgan fingerprint density at radius 3 is 2.50 bits per heavy atom. The minimum atomic E-state index is -3.29. The molecule has 0 bridgehead atoms. The van der Waals surface area contributed by atoms with Gasteiger partial charge in [0, 0.05) is 0 Å². The van der Waals surface area contributed by atoms with Crippen molar-refractivity contribution in [2.24, 2.45) is 11.1 Å². The van der Waals surface area contributed by atoms with E-state index in [0.29, 0.717) is 6.42 Å². The van der Waals surface area contributed by atoms with Gasteiger partial charge in [-0.2, -0.15) is 0 Å². The van der Waals surface area contributed by atoms with Crippen molar-refractivity contribution in [2.45, 2.75) is 13.3 Å². The van der Waals surface area contributed by atoms with Gasteiger partial charge in [-0.1, -0.05) is 13.0 Å². The summed E-state index contributed by atoms with van der Waals surface area (Å²) >= 11 is 0. The second-order valence-electron chi connectivity index (χ2n) is 2.46. The third kappa shape index (κ3) is 5.78. The smallest absolute Gasteiger partial charge is 0.209 e. The SMILES string of the molecule is C=CCC(C)CS(N)(=O)=O. The standard InChI is InChI=1S/C6H13NO2S/c1-3-4-6(2)5-10(7,8)9/h3,6H,1,4-5H2,2H3,(H2,7,8,9). The molecule has 0 rings (SSSR count). The van der Waals surface area contributed by atoms with E-state index in [1.54, 1.807) is 6.08 Å². The van der Waals surface area contributed by atoms with Crippen molar-refractivity contribution in [3.63, 3.8) is 0 Å². The fraction of sp³-hybridized carbons (Fsp3) is 0.667. The first kappa shape index (κ1) is 9.65. The number of sulfonamides is 1. The highest BCUT2D eigenvalue weighted by atomic mass is 32.2. The van der Waals surface area contributed by atoms with Crippen LogP contribution >= 0.6 is 0 Å². The molecular formula is C6H13NO2S. The van der Waals surface area contributed by atoms with Crippen LogP contribution in [-0.2, 0) is 10.0 Å². The Morgan fingerprint density at radius 1 is 1.70 bits per heavy atom. The summed E-state index contributed by atoms with van der Waals surface area (Å²) in [6.45, 7) is 5.32. The Hall–Kier alpha value is -0.350. The van der Waals surface area contributed by atoms with E-state index in [9.17, 15) is 8.42 Å². The quantitative estimate of drug-likeness (QED) is 0.613. The molecule has 0 aromatic rings. The first-order valence-corrected chi connectivity index (χ1v) is 4.78. The molecule has 0 aliphatic carbocycles. The summed E-state index contributed by atoms with van der Waals surface area (Å²) in [6, 6.07) is 0. The molecule has 0 saturated carbocycles. The average molecular weight is 163 g/mol. The molecule has 4 heteroatoms. The van der Waals surface area contributed by atoms with Crippen molar-refractivity contribution in [2.75, 3.05) is 5.75 Å². The van der Waals surface area contributed by atoms with Crippen LogP contribution in [0.2, 0.25) is 0 Å². The van der Waals surface area contributed by atoms with Crippen molar-refractivity contribution in [1.29, 1.82) is 0 Å². The lowest BCUT2D eigenvalue weighted by Gasteiger charge is -2.04. The lowest BCUT2D eigenvalue weighted by atomic mass is 10.1. The van der Waals surface area contributed by atoms with Gasteiger partial charge in [0.2, 0.25) is 10.0 Å². The molecule has 0 aliphatic rings. The van der Waals surface area contributed by atoms with E-state index in [4.69, 9.17) is 5.14 Å². The summed E-state index contributed by atoms with van der Waals surface area (Å²) in [6.07, 6.45) is 2.38. The molecule has 3 nitrogen and oxygen atoms in total. The van der Waals surface area contributed by atoms with Crippen molar-refractivity contribution in [3.8, 4) is 0 Å². The zero-order chi connectivity index (χ0) is 8.20. The van der Waals surface area contributed by atoms with E-state index in [-0.39, 0.29) is 11.7 Å². The van der Waals surface area contributed by atoms with E-state index in [2.05, 4.69) is 6.58 Å². The third-order valence-electron chi connectivity index (χ3n) is 1.09. The molecule has 0 amide bonds. The van der Waals surface area contributed by atoms with Crippen molar-refractivity contribution >= 4 is 10.0 Å². The van der Waals surface area contributed by atoms with Gasteiger partial charge in [-0.15, -0.1) is 6.58 Å². The second kappa shape index (κ2) is 3.73. The van der Waals surface area contributed by atoms with E-state index < -0.39 is 10.0 Å². The van der Waals surface area contributed by atoms with Gasteiger partial charge in [-0.05, 0) is 12.3 Å². The molecule has 60 valence electrons. The molecule has 0 heterocycles. The highest BCUT2D eigenvalue weighted by molar-refractivity contribution is 7.89. The molecule has 1 unspecified atom stereocenters. The first-order chi connectivity index (χ1) is 4.45. The van der Waals surface area contributed by atoms with Crippen LogP contribution in [0.4, 0.5) is 0 Å². The fourth-order valence-electron chi connectivity index (χ4n) is 0.749. The summed E-state index contributed by atoms with van der Waals surface area (Å²) in [5.41, 5.74) is 0. The topological polar surface area (TPSA) is 60.2 Å². The van der Waals surface area contributed by atoms with Gasteiger partial charge < -0.3 is 0 Å². The fourth-order valence-corrected chi connectivity index (χ4v) is 1.68. The highest BCUT2D eigenvalue weighted by Crippen LogP contribution is 2.03. The van der Waals surface area contributed by atoms with Gasteiger partial charge in [0.25, 0.3) is 0 Å². The molecule has 2 N–H and O–H groups in total. The third-order valence-corrected chi connectivity index (χ3v) is 2.12. The molecule has 0 aliphatic heterocycles. The van der Waals surface area contributed by atoms with Gasteiger partial charge in [0.05, 0.1) is 5.75 Å². The predicted octanol–water partition coefficient (Wildman–Crippen LogP) is 0.487. The minimum Gasteiger partial charge on any atom is -0.229 e. The normalized spacial score (nSPS) is 14.6. The van der Waals surface area contributed by atoms with Crippen LogP contribution in [0.25, 0.3) is 0 Å². The molecular weight excluding hydrogens is 150 g/mol. The maximum atomic E-state index is 10.5. The van der Waals surface area contributed by atoms with Crippen LogP contribution in [0.15, 0.2) is 12.7 Å². The Kier molecular flexibility index (Phi) is 3.60. The molecule has 0 aromatic carbocycles. The predicted molar refractivity (Wildman–Crippen MR) is 42.0 cm³/mol. The van der Waals surface area contributed by atoms with Crippen LogP contribution < -0.4 is 5.14 Å². The van der Waals surface area contributed by atoms with E-state index in [1.807, 2.05) is 6.92 Å². The number of hydrogen-bond donors (Lipinski definition) is 1. The highest BCUT2D eigenvalue weighted by Gasteiger charge is 2.08. The largest absolute Gasteiger partial charge is 0.229 e. The average Bonchev–Trinajstić information content (AvgIpc) is 1.59. The molecule has 0 fully saturated rings. The lowest BCUT2D eigenvalue weighted by Crippen LogP contribution is -2.21. The number of allylic oxidation sites excluding steroid dienone is 1. The molecule has 0 radical (unpaired) electrons. The zero-order valence-corrected chi connectivity index (χ0v) is 6.89. The maximum absolute atomic E-state index is 10.5. The first-order valence-electron chi connectivity index (χ1n) is 3.07. The van der Waals surface area contributed by atoms with Crippen LogP contribution in [0.3, 0.4) is 0 Å². The summed E-state index contributed by atoms with van der Waals surface area (Å²) in [4.78, 5) is 0. The van der Waals surface area contributed by atoms with Crippen molar-refractivity contribution in [3.05, 3.63) is 12.7 Å². The molecule has 0 saturated heterocycles. The van der Waals surface area contributed by atoms with Crippen LogP contribution in [0.5, 0.6) is 0 Å². The Balaban J connectivity index is 3.80. The van der Waals surface area contributed by atoms with Crippen molar-refractivity contribution < 1.29 is 8.42 Å². The van der Waals surface area contributed by atoms with Crippen LogP contribution in [0.1, 0.15) is 13.3 Å². The monoisotopic (exact) mass is 163 g/mol. The van der Waals surface area contributed by atoms with Crippen LogP contribution in [0, 0.1) is 5.92 Å². The Bertz CT molecular complexity index is 196. The molecule has 0 aromatic heterocycles. The summed E-state index contributed by atoms with van der Waals surface area (Å²) in [5, 5.41) is 4.80. The van der Waals surface area contributed by atoms with Crippen LogP contribution in [-0.4, -0.2) is 14.2 Å². The van der Waals surface area contributed by atoms with Gasteiger partial charge in [0.15, 0.2) is 0 Å². The number of nitrogens with two attached hydrogens (primary N) is 1. The summed E-state index contributed by atoms with van der Waals surface area (Å²) in [5.74, 6) is 0.117. The van der Waals surface area contributed by atoms with Gasteiger partial charge >= 0.3 is 0 Å². The summed E-state index contributed by atoms with van der Waals surface area (Å²) < 4.78 is 20.9. The zero-order valence-electron chi connectivity index (χ0n) is 6.08. The Morgan fingerprint density at radius 2 is 2.20 bits per heavy atom. The van der Waals surface area contributed by atoms with E-state index in [0.717, 1.165) is 0 Å². The second-order valence-corrected chi connectivity index (χ2v) is 4.12. The molecule has 0 spiro atoms. The van der Waals surface area contributed by atoms with Gasteiger partial charge in [-0.25, -0.2) is 13.6 Å². The summed E-state index contributed by atoms with van der Waals surface area (Å²) in [7, 11) is -3.29.